The van der Waals surface area contributed by atoms with Gasteiger partial charge in [-0.15, -0.1) is 12.4 Å². The largest absolute Gasteiger partial charge is 0.324 e. The minimum Gasteiger partial charge on any atom is -0.324 e. The molecule has 0 spiro atoms. The third kappa shape index (κ3) is 5.91. The van der Waals surface area contributed by atoms with Crippen LogP contribution in [0.5, 0.6) is 0 Å². The zero-order chi connectivity index (χ0) is 14.0. The van der Waals surface area contributed by atoms with Crippen LogP contribution in [0.4, 0.5) is 0 Å². The lowest BCUT2D eigenvalue weighted by Crippen LogP contribution is -2.45. The molecule has 0 aliphatic heterocycles. The van der Waals surface area contributed by atoms with Crippen LogP contribution >= 0.6 is 12.4 Å². The number of sulfonamides is 1. The highest BCUT2D eigenvalue weighted by Crippen LogP contribution is 2.18. The van der Waals surface area contributed by atoms with E-state index < -0.39 is 15.6 Å². The van der Waals surface area contributed by atoms with Crippen molar-refractivity contribution in [3.8, 4) is 0 Å². The molecule has 0 aliphatic rings. The van der Waals surface area contributed by atoms with Gasteiger partial charge in [0.25, 0.3) is 0 Å². The lowest BCUT2D eigenvalue weighted by Gasteiger charge is -2.19. The summed E-state index contributed by atoms with van der Waals surface area (Å²) in [5.41, 5.74) is 6.21. The molecule has 0 amide bonds. The van der Waals surface area contributed by atoms with Crippen LogP contribution in [0.25, 0.3) is 0 Å². The summed E-state index contributed by atoms with van der Waals surface area (Å²) in [5, 5.41) is 0. The van der Waals surface area contributed by atoms with E-state index in [-0.39, 0.29) is 23.8 Å². The lowest BCUT2D eigenvalue weighted by molar-refractivity contribution is 0.498. The van der Waals surface area contributed by atoms with E-state index in [0.29, 0.717) is 5.92 Å². The first kappa shape index (κ1) is 18.4. The number of hydrogen-bond acceptors (Lipinski definition) is 3. The van der Waals surface area contributed by atoms with Gasteiger partial charge in [0.15, 0.2) is 0 Å². The monoisotopic (exact) mass is 306 g/mol. The van der Waals surface area contributed by atoms with Gasteiger partial charge in [-0.2, -0.15) is 0 Å². The van der Waals surface area contributed by atoms with Crippen LogP contribution in [0.2, 0.25) is 0 Å². The first-order chi connectivity index (χ1) is 8.12. The highest BCUT2D eigenvalue weighted by molar-refractivity contribution is 7.89. The van der Waals surface area contributed by atoms with E-state index in [0.717, 1.165) is 5.56 Å². The normalized spacial score (nSPS) is 12.3. The van der Waals surface area contributed by atoms with Crippen LogP contribution < -0.4 is 10.5 Å². The fourth-order valence-electron chi connectivity index (χ4n) is 1.41. The van der Waals surface area contributed by atoms with Gasteiger partial charge in [-0.3, -0.25) is 0 Å². The van der Waals surface area contributed by atoms with E-state index in [1.54, 1.807) is 32.0 Å². The predicted octanol–water partition coefficient (Wildman–Crippen LogP) is 2.25. The summed E-state index contributed by atoms with van der Waals surface area (Å²) < 4.78 is 26.7. The molecule has 6 heteroatoms. The molecule has 0 aliphatic carbocycles. The standard InChI is InChI=1S/C13H22N2O2S.ClH/c1-10(2)11-6-5-7-12(8-11)18(16,17)15-9-13(3,4)14;/h5-8,10,15H,9,14H2,1-4H3;1H. The average Bonchev–Trinajstić information content (AvgIpc) is 2.26. The van der Waals surface area contributed by atoms with Crippen LogP contribution in [0.1, 0.15) is 39.2 Å². The van der Waals surface area contributed by atoms with E-state index in [1.807, 2.05) is 19.9 Å². The second kappa shape index (κ2) is 6.70. The van der Waals surface area contributed by atoms with Gasteiger partial charge in [0.05, 0.1) is 4.90 Å². The summed E-state index contributed by atoms with van der Waals surface area (Å²) in [6.45, 7) is 7.83. The Hall–Kier alpha value is -0.620. The quantitative estimate of drug-likeness (QED) is 0.876. The number of nitrogens with two attached hydrogens (primary N) is 1. The number of halogens is 1. The van der Waals surface area contributed by atoms with E-state index in [4.69, 9.17) is 5.73 Å². The van der Waals surface area contributed by atoms with Crippen LogP contribution in [0.3, 0.4) is 0 Å². The highest BCUT2D eigenvalue weighted by Gasteiger charge is 2.19. The Bertz CT molecular complexity index is 508. The third-order valence-electron chi connectivity index (χ3n) is 2.55. The van der Waals surface area contributed by atoms with E-state index >= 15 is 0 Å². The molecule has 0 saturated carbocycles. The Kier molecular flexibility index (Phi) is 6.48. The molecule has 4 nitrogen and oxygen atoms in total. The Labute approximate surface area is 122 Å². The van der Waals surface area contributed by atoms with Gasteiger partial charge in [0, 0.05) is 12.1 Å². The summed E-state index contributed by atoms with van der Waals surface area (Å²) in [5.74, 6) is 0.297. The molecule has 0 bridgehead atoms. The van der Waals surface area contributed by atoms with Gasteiger partial charge in [0.2, 0.25) is 10.0 Å². The van der Waals surface area contributed by atoms with Crippen molar-refractivity contribution in [2.45, 2.75) is 44.0 Å². The molecule has 0 unspecified atom stereocenters. The molecule has 1 rings (SSSR count). The van der Waals surface area contributed by atoms with Gasteiger partial charge in [-0.1, -0.05) is 26.0 Å². The van der Waals surface area contributed by atoms with Crippen LogP contribution in [-0.4, -0.2) is 20.5 Å². The van der Waals surface area contributed by atoms with Crippen molar-refractivity contribution in [3.05, 3.63) is 29.8 Å². The maximum absolute atomic E-state index is 12.1. The molecule has 0 aromatic heterocycles. The van der Waals surface area contributed by atoms with Crippen molar-refractivity contribution in [2.75, 3.05) is 6.54 Å². The molecule has 0 heterocycles. The van der Waals surface area contributed by atoms with Gasteiger partial charge in [-0.05, 0) is 37.5 Å². The van der Waals surface area contributed by atoms with E-state index in [1.165, 1.54) is 0 Å². The second-order valence-corrected chi connectivity index (χ2v) is 7.31. The maximum Gasteiger partial charge on any atom is 0.240 e. The zero-order valence-corrected chi connectivity index (χ0v) is 13.4. The molecule has 0 saturated heterocycles. The van der Waals surface area contributed by atoms with Crippen molar-refractivity contribution in [1.29, 1.82) is 0 Å². The predicted molar refractivity (Wildman–Crippen MR) is 81.2 cm³/mol. The van der Waals surface area contributed by atoms with Crippen molar-refractivity contribution < 1.29 is 8.42 Å². The molecule has 19 heavy (non-hydrogen) atoms. The highest BCUT2D eigenvalue weighted by atomic mass is 35.5. The number of hydrogen-bond donors (Lipinski definition) is 2. The Morgan fingerprint density at radius 3 is 2.37 bits per heavy atom. The molecule has 1 aromatic carbocycles. The van der Waals surface area contributed by atoms with Gasteiger partial charge in [-0.25, -0.2) is 13.1 Å². The van der Waals surface area contributed by atoms with E-state index in [2.05, 4.69) is 4.72 Å². The molecule has 0 fully saturated rings. The fourth-order valence-corrected chi connectivity index (χ4v) is 2.68. The average molecular weight is 307 g/mol. The first-order valence-electron chi connectivity index (χ1n) is 6.00. The molecular weight excluding hydrogens is 284 g/mol. The fraction of sp³-hybridized carbons (Fsp3) is 0.538. The molecule has 3 N–H and O–H groups in total. The summed E-state index contributed by atoms with van der Waals surface area (Å²) in [4.78, 5) is 0.290. The second-order valence-electron chi connectivity index (χ2n) is 5.54. The van der Waals surface area contributed by atoms with Crippen molar-refractivity contribution in [3.63, 3.8) is 0 Å². The van der Waals surface area contributed by atoms with Crippen molar-refractivity contribution in [2.24, 2.45) is 5.73 Å². The minimum atomic E-state index is -3.48. The minimum absolute atomic E-state index is 0. The summed E-state index contributed by atoms with van der Waals surface area (Å²) in [6.07, 6.45) is 0. The van der Waals surface area contributed by atoms with Gasteiger partial charge < -0.3 is 5.73 Å². The van der Waals surface area contributed by atoms with E-state index in [9.17, 15) is 8.42 Å². The topological polar surface area (TPSA) is 72.2 Å². The van der Waals surface area contributed by atoms with Crippen molar-refractivity contribution >= 4 is 22.4 Å². The molecular formula is C13H23ClN2O2S. The third-order valence-corrected chi connectivity index (χ3v) is 3.95. The smallest absolute Gasteiger partial charge is 0.240 e. The summed E-state index contributed by atoms with van der Waals surface area (Å²) in [7, 11) is -3.48. The van der Waals surface area contributed by atoms with Crippen LogP contribution in [0, 0.1) is 0 Å². The zero-order valence-electron chi connectivity index (χ0n) is 11.8. The number of rotatable bonds is 5. The van der Waals surface area contributed by atoms with Crippen LogP contribution in [0.15, 0.2) is 29.2 Å². The number of nitrogens with one attached hydrogen (secondary N) is 1. The summed E-state index contributed by atoms with van der Waals surface area (Å²) >= 11 is 0. The Morgan fingerprint density at radius 2 is 1.89 bits per heavy atom. The van der Waals surface area contributed by atoms with Crippen molar-refractivity contribution in [1.82, 2.24) is 4.72 Å². The Balaban J connectivity index is 0.00000324. The van der Waals surface area contributed by atoms with Gasteiger partial charge in [0.1, 0.15) is 0 Å². The summed E-state index contributed by atoms with van der Waals surface area (Å²) in [6, 6.07) is 6.99. The maximum atomic E-state index is 12.1. The molecule has 1 aromatic rings. The number of benzene rings is 1. The first-order valence-corrected chi connectivity index (χ1v) is 7.49. The molecule has 110 valence electrons. The molecule has 0 atom stereocenters. The lowest BCUT2D eigenvalue weighted by atomic mass is 10.0. The Morgan fingerprint density at radius 1 is 1.32 bits per heavy atom. The SMILES string of the molecule is CC(C)c1cccc(S(=O)(=O)NCC(C)(C)N)c1.Cl. The van der Waals surface area contributed by atoms with Crippen LogP contribution in [-0.2, 0) is 10.0 Å². The van der Waals surface area contributed by atoms with Gasteiger partial charge >= 0.3 is 0 Å². The molecule has 0 radical (unpaired) electrons.